The second-order valence-electron chi connectivity index (χ2n) is 9.75. The molecule has 9 heteroatoms. The Morgan fingerprint density at radius 3 is 2.34 bits per heavy atom. The van der Waals surface area contributed by atoms with E-state index in [2.05, 4.69) is 10.5 Å². The lowest BCUT2D eigenvalue weighted by Crippen LogP contribution is -2.41. The Morgan fingerprint density at radius 2 is 1.71 bits per heavy atom. The monoisotopic (exact) mass is 496 g/mol. The SMILES string of the molecule is Cc1noc(-c2ccc(CB3OC(C)(C)C(C)(C)O3)cc2)c1NC(=O)OC(C)c1ccccc1Cl. The van der Waals surface area contributed by atoms with Gasteiger partial charge < -0.3 is 18.6 Å². The second kappa shape index (κ2) is 9.68. The smallest absolute Gasteiger partial charge is 0.441 e. The van der Waals surface area contributed by atoms with Crippen LogP contribution in [0.1, 0.15) is 57.5 Å². The van der Waals surface area contributed by atoms with Crippen LogP contribution in [0.2, 0.25) is 5.02 Å². The maximum Gasteiger partial charge on any atom is 0.462 e. The van der Waals surface area contributed by atoms with Crippen molar-refractivity contribution in [2.75, 3.05) is 5.32 Å². The van der Waals surface area contributed by atoms with E-state index >= 15 is 0 Å². The fourth-order valence-corrected chi connectivity index (χ4v) is 4.20. The van der Waals surface area contributed by atoms with Crippen LogP contribution in [0.3, 0.4) is 0 Å². The van der Waals surface area contributed by atoms with Crippen molar-refractivity contribution in [1.82, 2.24) is 5.16 Å². The van der Waals surface area contributed by atoms with E-state index in [0.29, 0.717) is 28.5 Å². The number of hydrogen-bond donors (Lipinski definition) is 1. The molecule has 0 bridgehead atoms. The molecule has 1 aliphatic rings. The summed E-state index contributed by atoms with van der Waals surface area (Å²) >= 11 is 6.22. The van der Waals surface area contributed by atoms with Gasteiger partial charge in [-0.3, -0.25) is 5.32 Å². The number of aryl methyl sites for hydroxylation is 1. The Hall–Kier alpha value is -2.81. The molecule has 1 amide bonds. The van der Waals surface area contributed by atoms with Crippen molar-refractivity contribution in [2.45, 2.75) is 65.2 Å². The summed E-state index contributed by atoms with van der Waals surface area (Å²) in [7, 11) is -0.314. The van der Waals surface area contributed by atoms with E-state index in [1.807, 2.05) is 70.2 Å². The molecular weight excluding hydrogens is 467 g/mol. The number of rotatable bonds is 6. The fourth-order valence-electron chi connectivity index (χ4n) is 3.91. The lowest BCUT2D eigenvalue weighted by molar-refractivity contribution is 0.00578. The molecule has 1 aliphatic heterocycles. The Bertz CT molecular complexity index is 1190. The summed E-state index contributed by atoms with van der Waals surface area (Å²) in [5, 5.41) is 7.33. The number of hydrogen-bond acceptors (Lipinski definition) is 6. The minimum Gasteiger partial charge on any atom is -0.441 e. The first-order valence-electron chi connectivity index (χ1n) is 11.6. The predicted molar refractivity (Wildman–Crippen MR) is 136 cm³/mol. The van der Waals surface area contributed by atoms with Gasteiger partial charge >= 0.3 is 13.2 Å². The lowest BCUT2D eigenvalue weighted by atomic mass is 9.80. The number of anilines is 1. The van der Waals surface area contributed by atoms with Crippen LogP contribution in [-0.2, 0) is 20.4 Å². The maximum absolute atomic E-state index is 12.6. The van der Waals surface area contributed by atoms with Gasteiger partial charge in [0.25, 0.3) is 0 Å². The predicted octanol–water partition coefficient (Wildman–Crippen LogP) is 6.79. The average molecular weight is 497 g/mol. The highest BCUT2D eigenvalue weighted by molar-refractivity contribution is 6.45. The van der Waals surface area contributed by atoms with Crippen molar-refractivity contribution < 1.29 is 23.4 Å². The molecule has 1 aromatic heterocycles. The van der Waals surface area contributed by atoms with Crippen LogP contribution in [0.25, 0.3) is 11.3 Å². The molecular formula is C26H30BClN2O5. The molecule has 1 saturated heterocycles. The molecule has 0 aliphatic carbocycles. The van der Waals surface area contributed by atoms with E-state index in [-0.39, 0.29) is 18.3 Å². The minimum atomic E-state index is -0.623. The molecule has 0 spiro atoms. The van der Waals surface area contributed by atoms with Gasteiger partial charge in [-0.2, -0.15) is 0 Å². The van der Waals surface area contributed by atoms with Crippen molar-refractivity contribution in [3.8, 4) is 11.3 Å². The second-order valence-corrected chi connectivity index (χ2v) is 10.2. The third-order valence-electron chi connectivity index (χ3n) is 6.64. The number of halogens is 1. The molecule has 184 valence electrons. The van der Waals surface area contributed by atoms with Crippen molar-refractivity contribution >= 4 is 30.5 Å². The number of amides is 1. The standard InChI is InChI=1S/C26H30BClN2O5/c1-16-22(29-24(31)32-17(2)20-9-7-8-10-21(20)28)23(33-30-16)19-13-11-18(12-14-19)15-27-34-25(3,4)26(5,6)35-27/h7-14,17H,15H2,1-6H3,(H,29,31). The Labute approximate surface area is 211 Å². The third kappa shape index (κ3) is 5.40. The largest absolute Gasteiger partial charge is 0.462 e. The summed E-state index contributed by atoms with van der Waals surface area (Å²) in [4.78, 5) is 12.6. The highest BCUT2D eigenvalue weighted by atomic mass is 35.5. The van der Waals surface area contributed by atoms with Crippen molar-refractivity contribution in [2.24, 2.45) is 0 Å². The van der Waals surface area contributed by atoms with Crippen molar-refractivity contribution in [1.29, 1.82) is 0 Å². The fraction of sp³-hybridized carbons (Fsp3) is 0.385. The molecule has 3 aromatic rings. The van der Waals surface area contributed by atoms with E-state index < -0.39 is 12.2 Å². The maximum atomic E-state index is 12.6. The number of nitrogens with one attached hydrogen (secondary N) is 1. The Kier molecular flexibility index (Phi) is 7.00. The zero-order chi connectivity index (χ0) is 25.4. The van der Waals surface area contributed by atoms with Gasteiger partial charge in [-0.1, -0.05) is 59.2 Å². The molecule has 35 heavy (non-hydrogen) atoms. The summed E-state index contributed by atoms with van der Waals surface area (Å²) in [6, 6.07) is 15.1. The van der Waals surface area contributed by atoms with E-state index in [1.165, 1.54) is 0 Å². The van der Waals surface area contributed by atoms with Gasteiger partial charge in [-0.05, 0) is 53.2 Å². The van der Waals surface area contributed by atoms with Crippen LogP contribution in [0.5, 0.6) is 0 Å². The van der Waals surface area contributed by atoms with Crippen molar-refractivity contribution in [3.05, 3.63) is 70.4 Å². The van der Waals surface area contributed by atoms with Crippen LogP contribution in [0.4, 0.5) is 10.5 Å². The van der Waals surface area contributed by atoms with Gasteiger partial charge in [0.05, 0.1) is 11.2 Å². The molecule has 2 aromatic carbocycles. The van der Waals surface area contributed by atoms with Gasteiger partial charge in [-0.15, -0.1) is 0 Å². The van der Waals surface area contributed by atoms with Crippen LogP contribution in [-0.4, -0.2) is 29.6 Å². The van der Waals surface area contributed by atoms with E-state index in [4.69, 9.17) is 30.2 Å². The van der Waals surface area contributed by atoms with Crippen LogP contribution in [0, 0.1) is 6.92 Å². The van der Waals surface area contributed by atoms with E-state index in [9.17, 15) is 4.79 Å². The Morgan fingerprint density at radius 1 is 1.09 bits per heavy atom. The summed E-state index contributed by atoms with van der Waals surface area (Å²) in [5.41, 5.74) is 2.83. The van der Waals surface area contributed by atoms with Gasteiger partial charge in [0, 0.05) is 22.5 Å². The van der Waals surface area contributed by atoms with Gasteiger partial charge in [0.2, 0.25) is 0 Å². The normalized spacial score (nSPS) is 17.3. The highest BCUT2D eigenvalue weighted by Crippen LogP contribution is 2.38. The van der Waals surface area contributed by atoms with Gasteiger partial charge in [0.15, 0.2) is 5.76 Å². The molecule has 1 atom stereocenters. The van der Waals surface area contributed by atoms with Gasteiger partial charge in [-0.25, -0.2) is 4.79 Å². The lowest BCUT2D eigenvalue weighted by Gasteiger charge is -2.32. The summed E-state index contributed by atoms with van der Waals surface area (Å²) in [5.74, 6) is 0.451. The summed E-state index contributed by atoms with van der Waals surface area (Å²) in [6.07, 6.45) is -0.524. The molecule has 0 radical (unpaired) electrons. The molecule has 2 heterocycles. The average Bonchev–Trinajstić information content (AvgIpc) is 3.23. The molecule has 1 N–H and O–H groups in total. The number of carbonyl (C=O) groups is 1. The highest BCUT2D eigenvalue weighted by Gasteiger charge is 2.50. The number of benzene rings is 2. The summed E-state index contributed by atoms with van der Waals surface area (Å²) in [6.45, 7) is 11.7. The number of ether oxygens (including phenoxy) is 1. The quantitative estimate of drug-likeness (QED) is 0.378. The number of carbonyl (C=O) groups excluding carboxylic acids is 1. The first kappa shape index (κ1) is 25.3. The zero-order valence-corrected chi connectivity index (χ0v) is 21.6. The molecule has 4 rings (SSSR count). The van der Waals surface area contributed by atoms with Crippen LogP contribution in [0.15, 0.2) is 53.1 Å². The number of aromatic nitrogens is 1. The van der Waals surface area contributed by atoms with E-state index in [1.54, 1.807) is 19.9 Å². The molecule has 1 unspecified atom stereocenters. The van der Waals surface area contributed by atoms with Crippen molar-refractivity contribution in [3.63, 3.8) is 0 Å². The van der Waals surface area contributed by atoms with E-state index in [0.717, 1.165) is 16.7 Å². The topological polar surface area (TPSA) is 82.8 Å². The zero-order valence-electron chi connectivity index (χ0n) is 20.8. The van der Waals surface area contributed by atoms with Gasteiger partial charge in [0.1, 0.15) is 17.5 Å². The molecule has 7 nitrogen and oxygen atoms in total. The number of nitrogens with zero attached hydrogens (tertiary/aromatic N) is 1. The summed E-state index contributed by atoms with van der Waals surface area (Å²) < 4.78 is 23.3. The first-order valence-corrected chi connectivity index (χ1v) is 12.0. The van der Waals surface area contributed by atoms with Crippen LogP contribution < -0.4 is 5.32 Å². The first-order chi connectivity index (χ1) is 16.5. The Balaban J connectivity index is 1.44. The third-order valence-corrected chi connectivity index (χ3v) is 6.98. The molecule has 1 fully saturated rings. The minimum absolute atomic E-state index is 0.314. The molecule has 0 saturated carbocycles. The van der Waals surface area contributed by atoms with Crippen LogP contribution >= 0.6 is 11.6 Å².